The van der Waals surface area contributed by atoms with Gasteiger partial charge < -0.3 is 38.1 Å². The number of benzene rings is 4. The SMILES string of the molecule is COc1cc(CC2C(=O)N(Cc3ccccc3)/C(=C\c3cc4c(c(C)c3OCc3ccccc3)OCO4)C(=O)N2C(=O)OC(C)C)c(OC)c(C)c1OC. The molecule has 3 amide bonds. The van der Waals surface area contributed by atoms with Crippen LogP contribution in [0.15, 0.2) is 78.5 Å². The molecular formula is C42H44N2O10. The van der Waals surface area contributed by atoms with E-state index in [9.17, 15) is 9.59 Å². The van der Waals surface area contributed by atoms with Gasteiger partial charge in [-0.2, -0.15) is 0 Å². The summed E-state index contributed by atoms with van der Waals surface area (Å²) in [7, 11) is 4.53. The molecule has 1 atom stereocenters. The summed E-state index contributed by atoms with van der Waals surface area (Å²) in [6.07, 6.45) is -0.0822. The van der Waals surface area contributed by atoms with Crippen LogP contribution in [0.4, 0.5) is 4.79 Å². The fourth-order valence-corrected chi connectivity index (χ4v) is 6.76. The maximum Gasteiger partial charge on any atom is 0.417 e. The maximum atomic E-state index is 15.0. The summed E-state index contributed by atoms with van der Waals surface area (Å²) >= 11 is 0. The lowest BCUT2D eigenvalue weighted by atomic mass is 9.95. The summed E-state index contributed by atoms with van der Waals surface area (Å²) in [6, 6.07) is 21.0. The van der Waals surface area contributed by atoms with E-state index in [0.29, 0.717) is 56.8 Å². The second-order valence-electron chi connectivity index (χ2n) is 13.1. The Bertz CT molecular complexity index is 2060. The van der Waals surface area contributed by atoms with Crippen LogP contribution in [0.1, 0.15) is 47.2 Å². The van der Waals surface area contributed by atoms with Crippen LogP contribution in [0.3, 0.4) is 0 Å². The van der Waals surface area contributed by atoms with Crippen molar-refractivity contribution < 1.29 is 47.5 Å². The van der Waals surface area contributed by atoms with Gasteiger partial charge in [0.15, 0.2) is 23.0 Å². The van der Waals surface area contributed by atoms with Gasteiger partial charge in [0, 0.05) is 28.7 Å². The van der Waals surface area contributed by atoms with Crippen molar-refractivity contribution in [2.45, 2.75) is 59.4 Å². The van der Waals surface area contributed by atoms with Crippen molar-refractivity contribution in [3.05, 3.63) is 112 Å². The second kappa shape index (κ2) is 16.2. The van der Waals surface area contributed by atoms with Crippen LogP contribution in [0.2, 0.25) is 0 Å². The molecule has 1 unspecified atom stereocenters. The predicted octanol–water partition coefficient (Wildman–Crippen LogP) is 7.01. The molecule has 2 aliphatic rings. The maximum absolute atomic E-state index is 15.0. The average Bonchev–Trinajstić information content (AvgIpc) is 3.64. The predicted molar refractivity (Wildman–Crippen MR) is 200 cm³/mol. The number of amides is 3. The first-order chi connectivity index (χ1) is 26.1. The van der Waals surface area contributed by atoms with Crippen LogP contribution in [0, 0.1) is 13.8 Å². The third-order valence-electron chi connectivity index (χ3n) is 9.24. The van der Waals surface area contributed by atoms with Gasteiger partial charge in [-0.25, -0.2) is 9.69 Å². The molecule has 4 aromatic carbocycles. The van der Waals surface area contributed by atoms with E-state index in [-0.39, 0.29) is 32.1 Å². The topological polar surface area (TPSA) is 122 Å². The molecule has 2 aliphatic heterocycles. The Kier molecular flexibility index (Phi) is 11.3. The number of hydrogen-bond donors (Lipinski definition) is 0. The van der Waals surface area contributed by atoms with Crippen LogP contribution in [0.5, 0.6) is 34.5 Å². The fourth-order valence-electron chi connectivity index (χ4n) is 6.76. The van der Waals surface area contributed by atoms with Crippen molar-refractivity contribution in [3.63, 3.8) is 0 Å². The van der Waals surface area contributed by atoms with Gasteiger partial charge in [-0.1, -0.05) is 60.7 Å². The van der Waals surface area contributed by atoms with Gasteiger partial charge in [-0.15, -0.1) is 0 Å². The van der Waals surface area contributed by atoms with Gasteiger partial charge in [-0.3, -0.25) is 9.59 Å². The third-order valence-corrected chi connectivity index (χ3v) is 9.24. The minimum Gasteiger partial charge on any atom is -0.496 e. The van der Waals surface area contributed by atoms with Crippen LogP contribution in [-0.4, -0.2) is 68.0 Å². The number of imide groups is 1. The quantitative estimate of drug-likeness (QED) is 0.141. The Morgan fingerprint density at radius 3 is 2.15 bits per heavy atom. The molecule has 54 heavy (non-hydrogen) atoms. The van der Waals surface area contributed by atoms with E-state index in [0.717, 1.165) is 16.0 Å². The van der Waals surface area contributed by atoms with Crippen molar-refractivity contribution in [3.8, 4) is 34.5 Å². The Morgan fingerprint density at radius 2 is 1.52 bits per heavy atom. The van der Waals surface area contributed by atoms with E-state index in [1.807, 2.05) is 67.6 Å². The first-order valence-corrected chi connectivity index (χ1v) is 17.6. The number of methoxy groups -OCH3 is 3. The van der Waals surface area contributed by atoms with Gasteiger partial charge in [0.2, 0.25) is 6.79 Å². The summed E-state index contributed by atoms with van der Waals surface area (Å²) in [5, 5.41) is 0. The summed E-state index contributed by atoms with van der Waals surface area (Å²) in [5.41, 5.74) is 3.90. The standard InChI is InChI=1S/C42H44N2O10/c1-25(2)54-42(47)44-33(19-30-20-34(48-5)38(50-7)26(3)36(30)49-6)40(45)43(22-28-14-10-8-11-15-28)32(41(44)46)18-31-21-35-39(53-24-52-35)27(4)37(31)51-23-29-16-12-9-13-17-29/h8-18,20-21,25,33H,19,22-24H2,1-7H3/b32-18-. The number of ether oxygens (including phenoxy) is 7. The molecule has 1 fully saturated rings. The zero-order valence-electron chi connectivity index (χ0n) is 31.5. The second-order valence-corrected chi connectivity index (χ2v) is 13.1. The van der Waals surface area contributed by atoms with E-state index in [1.165, 1.54) is 26.2 Å². The Labute approximate surface area is 314 Å². The summed E-state index contributed by atoms with van der Waals surface area (Å²) in [5.74, 6) is 1.46. The number of piperazine rings is 1. The Balaban J connectivity index is 1.51. The van der Waals surface area contributed by atoms with Crippen LogP contribution in [-0.2, 0) is 33.9 Å². The number of carbonyl (C=O) groups is 3. The van der Waals surface area contributed by atoms with E-state index in [2.05, 4.69) is 0 Å². The number of nitrogens with zero attached hydrogens (tertiary/aromatic N) is 2. The molecule has 6 rings (SSSR count). The number of fused-ring (bicyclic) bond motifs is 1. The summed E-state index contributed by atoms with van der Waals surface area (Å²) in [4.78, 5) is 46.2. The highest BCUT2D eigenvalue weighted by molar-refractivity contribution is 6.13. The Hall–Kier alpha value is -6.17. The highest BCUT2D eigenvalue weighted by Crippen LogP contribution is 2.45. The van der Waals surface area contributed by atoms with E-state index in [4.69, 9.17) is 33.2 Å². The molecule has 0 radical (unpaired) electrons. The Morgan fingerprint density at radius 1 is 0.852 bits per heavy atom. The molecule has 2 heterocycles. The molecule has 0 bridgehead atoms. The zero-order chi connectivity index (χ0) is 38.5. The van der Waals surface area contributed by atoms with Crippen molar-refractivity contribution in [2.24, 2.45) is 0 Å². The lowest BCUT2D eigenvalue weighted by molar-refractivity contribution is -0.149. The highest BCUT2D eigenvalue weighted by atomic mass is 16.7. The van der Waals surface area contributed by atoms with E-state index >= 15 is 4.79 Å². The van der Waals surface area contributed by atoms with Gasteiger partial charge in [0.25, 0.3) is 11.8 Å². The molecule has 12 heteroatoms. The molecule has 0 aromatic heterocycles. The molecule has 282 valence electrons. The smallest absolute Gasteiger partial charge is 0.417 e. The fraction of sp³-hybridized carbons (Fsp3) is 0.310. The minimum absolute atomic E-state index is 0.0153. The van der Waals surface area contributed by atoms with Crippen molar-refractivity contribution >= 4 is 24.0 Å². The van der Waals surface area contributed by atoms with Crippen LogP contribution < -0.4 is 28.4 Å². The van der Waals surface area contributed by atoms with E-state index in [1.54, 1.807) is 39.0 Å². The third kappa shape index (κ3) is 7.50. The van der Waals surface area contributed by atoms with Crippen molar-refractivity contribution in [1.29, 1.82) is 0 Å². The molecule has 0 aliphatic carbocycles. The number of hydrogen-bond acceptors (Lipinski definition) is 10. The normalized spacial score (nSPS) is 15.9. The highest BCUT2D eigenvalue weighted by Gasteiger charge is 2.47. The lowest BCUT2D eigenvalue weighted by Crippen LogP contribution is -2.61. The molecule has 0 spiro atoms. The molecule has 0 saturated carbocycles. The summed E-state index contributed by atoms with van der Waals surface area (Å²) in [6.45, 7) is 7.26. The van der Waals surface area contributed by atoms with Crippen molar-refractivity contribution in [2.75, 3.05) is 28.1 Å². The minimum atomic E-state index is -1.32. The average molecular weight is 737 g/mol. The van der Waals surface area contributed by atoms with Gasteiger partial charge >= 0.3 is 6.09 Å². The van der Waals surface area contributed by atoms with Crippen molar-refractivity contribution in [1.82, 2.24) is 9.80 Å². The van der Waals surface area contributed by atoms with Gasteiger partial charge in [0.1, 0.15) is 29.8 Å². The lowest BCUT2D eigenvalue weighted by Gasteiger charge is -2.40. The molecule has 12 nitrogen and oxygen atoms in total. The summed E-state index contributed by atoms with van der Waals surface area (Å²) < 4.78 is 40.5. The monoisotopic (exact) mass is 736 g/mol. The first kappa shape index (κ1) is 37.6. The van der Waals surface area contributed by atoms with Crippen LogP contribution in [0.25, 0.3) is 6.08 Å². The largest absolute Gasteiger partial charge is 0.496 e. The molecule has 1 saturated heterocycles. The van der Waals surface area contributed by atoms with Gasteiger partial charge in [0.05, 0.1) is 34.0 Å². The molecular weight excluding hydrogens is 692 g/mol. The van der Waals surface area contributed by atoms with Gasteiger partial charge in [-0.05, 0) is 57.0 Å². The molecule has 0 N–H and O–H groups in total. The molecule has 4 aromatic rings. The number of rotatable bonds is 12. The van der Waals surface area contributed by atoms with Crippen LogP contribution >= 0.6 is 0 Å². The van der Waals surface area contributed by atoms with E-state index < -0.39 is 30.1 Å². The number of carbonyl (C=O) groups excluding carboxylic acids is 3. The zero-order valence-corrected chi connectivity index (χ0v) is 31.5. The first-order valence-electron chi connectivity index (χ1n) is 17.6.